The molecule has 0 saturated carbocycles. The van der Waals surface area contributed by atoms with Crippen molar-refractivity contribution in [2.75, 3.05) is 0 Å². The summed E-state index contributed by atoms with van der Waals surface area (Å²) in [7, 11) is 0. The van der Waals surface area contributed by atoms with Gasteiger partial charge in [0.25, 0.3) is 0 Å². The van der Waals surface area contributed by atoms with Crippen LogP contribution in [-0.2, 0) is 0 Å². The van der Waals surface area contributed by atoms with E-state index in [-0.39, 0.29) is 0 Å². The summed E-state index contributed by atoms with van der Waals surface area (Å²) < 4.78 is 11.5. The molecule has 0 spiro atoms. The minimum Gasteiger partial charge on any atom is -0.211 e. The van der Waals surface area contributed by atoms with Crippen LogP contribution in [0.15, 0.2) is 12.4 Å². The van der Waals surface area contributed by atoms with Crippen molar-refractivity contribution < 1.29 is 4.39 Å². The predicted molar refractivity (Wildman–Crippen MR) is 25.6 cm³/mol. The van der Waals surface area contributed by atoms with Crippen LogP contribution < -0.4 is 0 Å². The Bertz CT molecular complexity index is 58.6. The lowest BCUT2D eigenvalue weighted by atomic mass is 10.4. The Morgan fingerprint density at radius 3 is 2.17 bits per heavy atom. The molecule has 0 aromatic heterocycles. The van der Waals surface area contributed by atoms with Gasteiger partial charge in [0.15, 0.2) is 0 Å². The third-order valence-corrected chi connectivity index (χ3v) is 0.668. The van der Waals surface area contributed by atoms with E-state index >= 15 is 0 Å². The standard InChI is InChI=1S/C4H6ClF/c1-3(5)4(2)6/h3H,2H2,1H3. The molecule has 2 heteroatoms. The first-order valence-corrected chi connectivity index (χ1v) is 2.06. The lowest BCUT2D eigenvalue weighted by Gasteiger charge is -1.90. The maximum absolute atomic E-state index is 11.5. The van der Waals surface area contributed by atoms with E-state index in [2.05, 4.69) is 6.58 Å². The van der Waals surface area contributed by atoms with Crippen molar-refractivity contribution in [2.24, 2.45) is 0 Å². The van der Waals surface area contributed by atoms with E-state index in [0.717, 1.165) is 0 Å². The maximum atomic E-state index is 11.5. The van der Waals surface area contributed by atoms with Crippen molar-refractivity contribution in [1.29, 1.82) is 0 Å². The number of alkyl halides is 1. The summed E-state index contributed by atoms with van der Waals surface area (Å²) in [6, 6.07) is 0. The van der Waals surface area contributed by atoms with Gasteiger partial charge < -0.3 is 0 Å². The number of hydrogen-bond donors (Lipinski definition) is 0. The van der Waals surface area contributed by atoms with Crippen LogP contribution >= 0.6 is 11.6 Å². The summed E-state index contributed by atoms with van der Waals surface area (Å²) in [4.78, 5) is 0. The topological polar surface area (TPSA) is 0 Å². The molecule has 6 heavy (non-hydrogen) atoms. The number of hydrogen-bond acceptors (Lipinski definition) is 0. The Balaban J connectivity index is 3.26. The summed E-state index contributed by atoms with van der Waals surface area (Å²) in [6.07, 6.45) is 0. The van der Waals surface area contributed by atoms with Crippen LogP contribution in [0.25, 0.3) is 0 Å². The third kappa shape index (κ3) is 2.21. The van der Waals surface area contributed by atoms with Gasteiger partial charge >= 0.3 is 0 Å². The smallest absolute Gasteiger partial charge is 0.110 e. The van der Waals surface area contributed by atoms with E-state index in [1.807, 2.05) is 0 Å². The zero-order valence-electron chi connectivity index (χ0n) is 3.54. The Hall–Kier alpha value is -0.0400. The van der Waals surface area contributed by atoms with Gasteiger partial charge in [-0.1, -0.05) is 6.58 Å². The monoisotopic (exact) mass is 108 g/mol. The molecule has 0 aromatic rings. The van der Waals surface area contributed by atoms with Crippen molar-refractivity contribution >= 4 is 11.6 Å². The zero-order chi connectivity index (χ0) is 5.15. The Kier molecular flexibility index (Phi) is 2.18. The SMILES string of the molecule is C=C(F)C(C)Cl. The molecule has 0 aromatic carbocycles. The molecule has 1 unspecified atom stereocenters. The summed E-state index contributed by atoms with van der Waals surface area (Å²) in [5.74, 6) is -0.475. The molecular weight excluding hydrogens is 102 g/mol. The van der Waals surface area contributed by atoms with E-state index in [1.54, 1.807) is 0 Å². The molecule has 0 amide bonds. The minimum atomic E-state index is -0.537. The number of halogens is 2. The fourth-order valence-electron chi connectivity index (χ4n) is 0. The van der Waals surface area contributed by atoms with E-state index < -0.39 is 11.2 Å². The Morgan fingerprint density at radius 1 is 2.00 bits per heavy atom. The van der Waals surface area contributed by atoms with Crippen LogP contribution in [0.4, 0.5) is 4.39 Å². The molecule has 0 aliphatic rings. The molecule has 36 valence electrons. The predicted octanol–water partition coefficient (Wildman–Crippen LogP) is 2.10. The molecule has 0 saturated heterocycles. The lowest BCUT2D eigenvalue weighted by Crippen LogP contribution is -1.85. The Labute approximate surface area is 41.6 Å². The van der Waals surface area contributed by atoms with Crippen LogP contribution in [-0.4, -0.2) is 5.38 Å². The fraction of sp³-hybridized carbons (Fsp3) is 0.500. The average molecular weight is 109 g/mol. The molecule has 0 rings (SSSR count). The van der Waals surface area contributed by atoms with Gasteiger partial charge in [0.1, 0.15) is 5.83 Å². The molecule has 0 N–H and O–H groups in total. The van der Waals surface area contributed by atoms with Gasteiger partial charge in [0, 0.05) is 0 Å². The highest BCUT2D eigenvalue weighted by molar-refractivity contribution is 6.21. The van der Waals surface area contributed by atoms with Gasteiger partial charge in [-0.25, -0.2) is 4.39 Å². The van der Waals surface area contributed by atoms with Gasteiger partial charge in [-0.2, -0.15) is 0 Å². The lowest BCUT2D eigenvalue weighted by molar-refractivity contribution is 0.612. The highest BCUT2D eigenvalue weighted by Crippen LogP contribution is 2.05. The molecule has 0 bridgehead atoms. The van der Waals surface area contributed by atoms with Crippen molar-refractivity contribution in [3.8, 4) is 0 Å². The second kappa shape index (κ2) is 2.19. The van der Waals surface area contributed by atoms with E-state index in [9.17, 15) is 4.39 Å². The molecule has 0 fully saturated rings. The van der Waals surface area contributed by atoms with Crippen LogP contribution in [0.2, 0.25) is 0 Å². The molecule has 0 aliphatic carbocycles. The van der Waals surface area contributed by atoms with Crippen LogP contribution in [0.1, 0.15) is 6.92 Å². The number of rotatable bonds is 1. The van der Waals surface area contributed by atoms with Gasteiger partial charge in [-0.3, -0.25) is 0 Å². The van der Waals surface area contributed by atoms with Crippen molar-refractivity contribution in [1.82, 2.24) is 0 Å². The Morgan fingerprint density at radius 2 is 2.17 bits per heavy atom. The highest BCUT2D eigenvalue weighted by Gasteiger charge is 1.95. The molecule has 0 aliphatic heterocycles. The first kappa shape index (κ1) is 5.96. The van der Waals surface area contributed by atoms with Crippen molar-refractivity contribution in [2.45, 2.75) is 12.3 Å². The molecule has 0 heterocycles. The summed E-state index contributed by atoms with van der Waals surface area (Å²) >= 11 is 5.14. The van der Waals surface area contributed by atoms with Gasteiger partial charge in [0.05, 0.1) is 5.38 Å². The fourth-order valence-corrected chi connectivity index (χ4v) is 0. The van der Waals surface area contributed by atoms with E-state index in [4.69, 9.17) is 11.6 Å². The van der Waals surface area contributed by atoms with Crippen LogP contribution in [0, 0.1) is 0 Å². The average Bonchev–Trinajstić information content (AvgIpc) is 1.36. The van der Waals surface area contributed by atoms with Gasteiger partial charge in [-0.15, -0.1) is 11.6 Å². The van der Waals surface area contributed by atoms with E-state index in [1.165, 1.54) is 6.92 Å². The molecular formula is C4H6ClF. The quantitative estimate of drug-likeness (QED) is 0.452. The molecule has 1 atom stereocenters. The van der Waals surface area contributed by atoms with Crippen LogP contribution in [0.3, 0.4) is 0 Å². The highest BCUT2D eigenvalue weighted by atomic mass is 35.5. The molecule has 0 radical (unpaired) electrons. The minimum absolute atomic E-state index is 0.475. The van der Waals surface area contributed by atoms with Gasteiger partial charge in [0.2, 0.25) is 0 Å². The third-order valence-electron chi connectivity index (χ3n) is 0.432. The second-order valence-electron chi connectivity index (χ2n) is 1.06. The summed E-state index contributed by atoms with van der Waals surface area (Å²) in [6.45, 7) is 4.49. The first-order valence-electron chi connectivity index (χ1n) is 1.63. The van der Waals surface area contributed by atoms with Crippen molar-refractivity contribution in [3.63, 3.8) is 0 Å². The van der Waals surface area contributed by atoms with Gasteiger partial charge in [-0.05, 0) is 6.92 Å². The summed E-state index contributed by atoms with van der Waals surface area (Å²) in [5.41, 5.74) is 0. The largest absolute Gasteiger partial charge is 0.211 e. The summed E-state index contributed by atoms with van der Waals surface area (Å²) in [5, 5.41) is -0.537. The first-order chi connectivity index (χ1) is 2.64. The maximum Gasteiger partial charge on any atom is 0.110 e. The van der Waals surface area contributed by atoms with Crippen LogP contribution in [0.5, 0.6) is 0 Å². The van der Waals surface area contributed by atoms with Crippen molar-refractivity contribution in [3.05, 3.63) is 12.4 Å². The molecule has 0 nitrogen and oxygen atoms in total. The normalized spacial score (nSPS) is 13.8. The van der Waals surface area contributed by atoms with E-state index in [0.29, 0.717) is 0 Å². The second-order valence-corrected chi connectivity index (χ2v) is 1.72. The zero-order valence-corrected chi connectivity index (χ0v) is 4.30. The number of allylic oxidation sites excluding steroid dienone is 1.